The highest BCUT2D eigenvalue weighted by Gasteiger charge is 2.25. The maximum Gasteiger partial charge on any atom is 0.256 e. The fourth-order valence-corrected chi connectivity index (χ4v) is 3.31. The van der Waals surface area contributed by atoms with Crippen LogP contribution in [0.2, 0.25) is 0 Å². The van der Waals surface area contributed by atoms with Gasteiger partial charge < -0.3 is 5.32 Å². The number of hydrogen-bond acceptors (Lipinski definition) is 4. The van der Waals surface area contributed by atoms with E-state index in [4.69, 9.17) is 5.10 Å². The molecule has 4 aromatic rings. The second kappa shape index (κ2) is 7.37. The monoisotopic (exact) mass is 399 g/mol. The van der Waals surface area contributed by atoms with Crippen molar-refractivity contribution in [2.75, 3.05) is 5.32 Å². The van der Waals surface area contributed by atoms with Gasteiger partial charge >= 0.3 is 0 Å². The average Bonchev–Trinajstić information content (AvgIpc) is 3.10. The molecule has 0 unspecified atom stereocenters. The minimum atomic E-state index is -0.284. The quantitative estimate of drug-likeness (QED) is 0.519. The van der Waals surface area contributed by atoms with Crippen molar-refractivity contribution in [2.24, 2.45) is 0 Å². The third-order valence-electron chi connectivity index (χ3n) is 4.97. The van der Waals surface area contributed by atoms with Crippen molar-refractivity contribution in [3.05, 3.63) is 71.5 Å². The number of carbonyl (C=O) groups excluding carboxylic acids is 1. The molecule has 0 aliphatic rings. The first kappa shape index (κ1) is 19.8. The zero-order chi connectivity index (χ0) is 21.5. The van der Waals surface area contributed by atoms with Crippen LogP contribution in [0.5, 0.6) is 0 Å². The van der Waals surface area contributed by atoms with Crippen LogP contribution in [0.3, 0.4) is 0 Å². The molecular weight excluding hydrogens is 374 g/mol. The molecule has 0 aliphatic heterocycles. The molecule has 152 valence electrons. The molecule has 2 aromatic carbocycles. The minimum Gasteiger partial charge on any atom is -0.306 e. The van der Waals surface area contributed by atoms with Gasteiger partial charge in [0.1, 0.15) is 17.8 Å². The molecule has 6 heteroatoms. The topological polar surface area (TPSA) is 72.7 Å². The van der Waals surface area contributed by atoms with Gasteiger partial charge in [-0.15, -0.1) is 0 Å². The van der Waals surface area contributed by atoms with Crippen LogP contribution in [0.4, 0.5) is 5.82 Å². The smallest absolute Gasteiger partial charge is 0.256 e. The Labute approximate surface area is 176 Å². The highest BCUT2D eigenvalue weighted by molar-refractivity contribution is 6.10. The molecule has 0 saturated heterocycles. The average molecular weight is 399 g/mol. The number of aromatic nitrogens is 4. The summed E-state index contributed by atoms with van der Waals surface area (Å²) in [4.78, 5) is 21.8. The molecule has 6 nitrogen and oxygen atoms in total. The van der Waals surface area contributed by atoms with Crippen molar-refractivity contribution in [3.63, 3.8) is 0 Å². The molecule has 1 amide bonds. The zero-order valence-electron chi connectivity index (χ0n) is 17.9. The number of benzene rings is 2. The Kier molecular flexibility index (Phi) is 4.86. The predicted molar refractivity (Wildman–Crippen MR) is 120 cm³/mol. The number of aryl methyl sites for hydroxylation is 2. The first-order valence-corrected chi connectivity index (χ1v) is 9.93. The number of fused-ring (bicyclic) bond motifs is 1. The summed E-state index contributed by atoms with van der Waals surface area (Å²) in [5.74, 6) is 0.241. The number of rotatable bonds is 3. The molecule has 0 spiro atoms. The summed E-state index contributed by atoms with van der Waals surface area (Å²) in [7, 11) is 0. The van der Waals surface area contributed by atoms with E-state index in [-0.39, 0.29) is 11.4 Å². The van der Waals surface area contributed by atoms with E-state index in [0.717, 1.165) is 22.2 Å². The summed E-state index contributed by atoms with van der Waals surface area (Å²) in [5, 5.41) is 8.57. The van der Waals surface area contributed by atoms with Crippen LogP contribution < -0.4 is 5.32 Å². The van der Waals surface area contributed by atoms with E-state index in [1.807, 2.05) is 67.1 Å². The van der Waals surface area contributed by atoms with Gasteiger partial charge in [0.05, 0.1) is 10.9 Å². The summed E-state index contributed by atoms with van der Waals surface area (Å²) in [6, 6.07) is 15.6. The van der Waals surface area contributed by atoms with Crippen LogP contribution in [0.15, 0.2) is 54.9 Å². The molecule has 0 saturated carbocycles. The molecule has 30 heavy (non-hydrogen) atoms. The van der Waals surface area contributed by atoms with Gasteiger partial charge in [-0.25, -0.2) is 14.6 Å². The minimum absolute atomic E-state index is 0.214. The molecule has 0 atom stereocenters. The summed E-state index contributed by atoms with van der Waals surface area (Å²) in [6.07, 6.45) is 1.47. The van der Waals surface area contributed by atoms with Gasteiger partial charge in [-0.05, 0) is 46.8 Å². The van der Waals surface area contributed by atoms with Gasteiger partial charge in [0.15, 0.2) is 5.65 Å². The van der Waals surface area contributed by atoms with Crippen LogP contribution in [-0.2, 0) is 5.54 Å². The van der Waals surface area contributed by atoms with E-state index in [1.165, 1.54) is 11.9 Å². The lowest BCUT2D eigenvalue weighted by Gasteiger charge is -2.19. The third-order valence-corrected chi connectivity index (χ3v) is 4.97. The maximum absolute atomic E-state index is 12.9. The van der Waals surface area contributed by atoms with Crippen molar-refractivity contribution >= 4 is 22.8 Å². The van der Waals surface area contributed by atoms with Crippen LogP contribution in [-0.4, -0.2) is 25.7 Å². The standard InChI is InChI=1S/C24H25N5O/c1-15-6-10-17(11-7-15)20-19-21(27-23(30)18-12-8-16(2)9-13-18)25-14-26-22(19)29(28-20)24(3,4)5/h6-14H,1-5H3,(H,25,26,27,30). The zero-order valence-corrected chi connectivity index (χ0v) is 17.9. The van der Waals surface area contributed by atoms with Gasteiger partial charge in [-0.3, -0.25) is 4.79 Å². The van der Waals surface area contributed by atoms with Crippen LogP contribution in [0, 0.1) is 13.8 Å². The number of nitrogens with zero attached hydrogens (tertiary/aromatic N) is 4. The Bertz CT molecular complexity index is 1220. The van der Waals surface area contributed by atoms with E-state index in [2.05, 4.69) is 36.1 Å². The Morgan fingerprint density at radius 1 is 0.900 bits per heavy atom. The number of nitrogens with one attached hydrogen (secondary N) is 1. The largest absolute Gasteiger partial charge is 0.306 e. The first-order valence-electron chi connectivity index (χ1n) is 9.93. The fraction of sp³-hybridized carbons (Fsp3) is 0.250. The summed E-state index contributed by atoms with van der Waals surface area (Å²) < 4.78 is 1.89. The van der Waals surface area contributed by atoms with Gasteiger partial charge in [0.25, 0.3) is 5.91 Å². The number of anilines is 1. The van der Waals surface area contributed by atoms with E-state index < -0.39 is 0 Å². The van der Waals surface area contributed by atoms with Crippen molar-refractivity contribution in [3.8, 4) is 11.3 Å². The van der Waals surface area contributed by atoms with Crippen LogP contribution in [0.25, 0.3) is 22.3 Å². The first-order chi connectivity index (χ1) is 14.2. The Morgan fingerprint density at radius 3 is 2.10 bits per heavy atom. The molecule has 0 aliphatic carbocycles. The maximum atomic E-state index is 12.9. The SMILES string of the molecule is Cc1ccc(C(=O)Nc2ncnc3c2c(-c2ccc(C)cc2)nn3C(C)(C)C)cc1. The lowest BCUT2D eigenvalue weighted by Crippen LogP contribution is -2.23. The third kappa shape index (κ3) is 3.68. The lowest BCUT2D eigenvalue weighted by molar-refractivity contribution is 0.102. The summed E-state index contributed by atoms with van der Waals surface area (Å²) in [5.41, 5.74) is 4.95. The normalized spacial score (nSPS) is 11.6. The highest BCUT2D eigenvalue weighted by atomic mass is 16.1. The second-order valence-corrected chi connectivity index (χ2v) is 8.54. The molecular formula is C24H25N5O. The Hall–Kier alpha value is -3.54. The van der Waals surface area contributed by atoms with E-state index >= 15 is 0 Å². The van der Waals surface area contributed by atoms with E-state index in [1.54, 1.807) is 0 Å². The molecule has 1 N–H and O–H groups in total. The second-order valence-electron chi connectivity index (χ2n) is 8.54. The molecule has 2 aromatic heterocycles. The van der Waals surface area contributed by atoms with E-state index in [9.17, 15) is 4.79 Å². The molecule has 2 heterocycles. The van der Waals surface area contributed by atoms with Gasteiger partial charge in [0, 0.05) is 11.1 Å². The molecule has 4 rings (SSSR count). The van der Waals surface area contributed by atoms with Crippen molar-refractivity contribution in [2.45, 2.75) is 40.2 Å². The highest BCUT2D eigenvalue weighted by Crippen LogP contribution is 2.34. The molecule has 0 fully saturated rings. The molecule has 0 bridgehead atoms. The van der Waals surface area contributed by atoms with E-state index in [0.29, 0.717) is 17.0 Å². The number of amides is 1. The van der Waals surface area contributed by atoms with Gasteiger partial charge in [0.2, 0.25) is 0 Å². The van der Waals surface area contributed by atoms with Gasteiger partial charge in [-0.1, -0.05) is 47.5 Å². The van der Waals surface area contributed by atoms with Crippen molar-refractivity contribution in [1.82, 2.24) is 19.7 Å². The Morgan fingerprint density at radius 2 is 1.50 bits per heavy atom. The number of carbonyl (C=O) groups is 1. The van der Waals surface area contributed by atoms with Crippen LogP contribution >= 0.6 is 0 Å². The lowest BCUT2D eigenvalue weighted by atomic mass is 10.1. The number of hydrogen-bond donors (Lipinski definition) is 1. The fourth-order valence-electron chi connectivity index (χ4n) is 3.31. The van der Waals surface area contributed by atoms with Crippen molar-refractivity contribution in [1.29, 1.82) is 0 Å². The predicted octanol–water partition coefficient (Wildman–Crippen LogP) is 5.12. The van der Waals surface area contributed by atoms with Gasteiger partial charge in [-0.2, -0.15) is 5.10 Å². The molecule has 0 radical (unpaired) electrons. The summed E-state index contributed by atoms with van der Waals surface area (Å²) >= 11 is 0. The van der Waals surface area contributed by atoms with Crippen LogP contribution in [0.1, 0.15) is 42.3 Å². The summed E-state index contributed by atoms with van der Waals surface area (Å²) in [6.45, 7) is 10.3. The van der Waals surface area contributed by atoms with Crippen molar-refractivity contribution < 1.29 is 4.79 Å². The Balaban J connectivity index is 1.87.